The van der Waals surface area contributed by atoms with Crippen LogP contribution < -0.4 is 0 Å². The van der Waals surface area contributed by atoms with Gasteiger partial charge in [-0.25, -0.2) is 4.79 Å². The molecule has 2 amide bonds. The first-order valence-electron chi connectivity index (χ1n) is 7.38. The molecule has 1 atom stereocenters. The maximum Gasteiger partial charge on any atom is 0.320 e. The van der Waals surface area contributed by atoms with E-state index in [-0.39, 0.29) is 12.6 Å². The van der Waals surface area contributed by atoms with Gasteiger partial charge in [-0.2, -0.15) is 0 Å². The molecule has 2 rings (SSSR count). The summed E-state index contributed by atoms with van der Waals surface area (Å²) in [6.45, 7) is 4.92. The van der Waals surface area contributed by atoms with Crippen LogP contribution in [0.2, 0.25) is 0 Å². The minimum Gasteiger partial charge on any atom is -0.396 e. The molecule has 1 aliphatic heterocycles. The van der Waals surface area contributed by atoms with Gasteiger partial charge in [-0.3, -0.25) is 0 Å². The molecule has 1 heterocycles. The lowest BCUT2D eigenvalue weighted by Gasteiger charge is -2.42. The quantitative estimate of drug-likeness (QED) is 0.834. The first-order chi connectivity index (χ1) is 8.72. The van der Waals surface area contributed by atoms with Crippen LogP contribution in [0.15, 0.2) is 0 Å². The fraction of sp³-hybridized carbons (Fsp3) is 0.929. The van der Waals surface area contributed by atoms with E-state index in [9.17, 15) is 4.79 Å². The number of carbonyl (C=O) groups is 1. The van der Waals surface area contributed by atoms with Crippen LogP contribution in [0.3, 0.4) is 0 Å². The highest BCUT2D eigenvalue weighted by atomic mass is 16.3. The Morgan fingerprint density at radius 1 is 1.33 bits per heavy atom. The van der Waals surface area contributed by atoms with E-state index in [0.29, 0.717) is 24.9 Å². The number of nitrogens with zero attached hydrogens (tertiary/aromatic N) is 2. The van der Waals surface area contributed by atoms with Gasteiger partial charge < -0.3 is 14.9 Å². The van der Waals surface area contributed by atoms with Crippen molar-refractivity contribution in [2.24, 2.45) is 5.92 Å². The molecule has 18 heavy (non-hydrogen) atoms. The van der Waals surface area contributed by atoms with Gasteiger partial charge in [-0.1, -0.05) is 6.92 Å². The molecule has 1 N–H and O–H groups in total. The van der Waals surface area contributed by atoms with Crippen molar-refractivity contribution < 1.29 is 9.90 Å². The molecular formula is C14H26N2O2. The van der Waals surface area contributed by atoms with Crippen molar-refractivity contribution in [2.45, 2.75) is 51.5 Å². The summed E-state index contributed by atoms with van der Waals surface area (Å²) in [4.78, 5) is 16.6. The monoisotopic (exact) mass is 254 g/mol. The van der Waals surface area contributed by atoms with Gasteiger partial charge in [0.25, 0.3) is 0 Å². The molecule has 0 radical (unpaired) electrons. The van der Waals surface area contributed by atoms with E-state index in [4.69, 9.17) is 5.11 Å². The first kappa shape index (κ1) is 13.7. The van der Waals surface area contributed by atoms with Crippen LogP contribution in [0.4, 0.5) is 4.79 Å². The van der Waals surface area contributed by atoms with Gasteiger partial charge in [0.2, 0.25) is 0 Å². The maximum absolute atomic E-state index is 12.6. The largest absolute Gasteiger partial charge is 0.396 e. The highest BCUT2D eigenvalue weighted by Gasteiger charge is 2.32. The average Bonchev–Trinajstić information content (AvgIpc) is 2.31. The van der Waals surface area contributed by atoms with Gasteiger partial charge in [-0.15, -0.1) is 0 Å². The molecule has 1 aliphatic carbocycles. The molecule has 104 valence electrons. The minimum atomic E-state index is 0.174. The SMILES string of the molecule is CC1CCCN(C(=O)N(CCCO)C2CCC2)C1. The Labute approximate surface area is 110 Å². The number of hydrogen-bond acceptors (Lipinski definition) is 2. The summed E-state index contributed by atoms with van der Waals surface area (Å²) in [6.07, 6.45) is 6.59. The molecule has 0 aromatic heterocycles. The summed E-state index contributed by atoms with van der Waals surface area (Å²) < 4.78 is 0. The van der Waals surface area contributed by atoms with E-state index in [0.717, 1.165) is 32.4 Å². The van der Waals surface area contributed by atoms with Crippen molar-refractivity contribution in [1.82, 2.24) is 9.80 Å². The normalized spacial score (nSPS) is 24.8. The van der Waals surface area contributed by atoms with Gasteiger partial charge in [0.1, 0.15) is 0 Å². The molecule has 0 spiro atoms. The third-order valence-electron chi connectivity index (χ3n) is 4.25. The number of rotatable bonds is 4. The Morgan fingerprint density at radius 2 is 2.11 bits per heavy atom. The maximum atomic E-state index is 12.6. The smallest absolute Gasteiger partial charge is 0.320 e. The van der Waals surface area contributed by atoms with Gasteiger partial charge in [0, 0.05) is 32.3 Å². The average molecular weight is 254 g/mol. The van der Waals surface area contributed by atoms with Gasteiger partial charge in [-0.05, 0) is 44.4 Å². The van der Waals surface area contributed by atoms with Crippen molar-refractivity contribution in [3.05, 3.63) is 0 Å². The standard InChI is InChI=1S/C14H26N2O2/c1-12-5-3-8-15(11-12)14(18)16(9-4-10-17)13-6-2-7-13/h12-13,17H,2-11H2,1H3. The van der Waals surface area contributed by atoms with E-state index in [1.807, 2.05) is 9.80 Å². The van der Waals surface area contributed by atoms with Crippen LogP contribution in [-0.2, 0) is 0 Å². The van der Waals surface area contributed by atoms with Crippen LogP contribution in [0, 0.1) is 5.92 Å². The second kappa shape index (κ2) is 6.41. The van der Waals surface area contributed by atoms with Crippen molar-refractivity contribution in [3.8, 4) is 0 Å². The van der Waals surface area contributed by atoms with Crippen molar-refractivity contribution in [3.63, 3.8) is 0 Å². The summed E-state index contributed by atoms with van der Waals surface area (Å²) >= 11 is 0. The summed E-state index contributed by atoms with van der Waals surface area (Å²) in [6, 6.07) is 0.640. The third kappa shape index (κ3) is 3.16. The predicted molar refractivity (Wildman–Crippen MR) is 71.4 cm³/mol. The van der Waals surface area contributed by atoms with Crippen molar-refractivity contribution in [2.75, 3.05) is 26.2 Å². The molecule has 0 bridgehead atoms. The zero-order valence-electron chi connectivity index (χ0n) is 11.5. The molecular weight excluding hydrogens is 228 g/mol. The third-order valence-corrected chi connectivity index (χ3v) is 4.25. The van der Waals surface area contributed by atoms with Crippen LogP contribution in [0.1, 0.15) is 45.4 Å². The fourth-order valence-corrected chi connectivity index (χ4v) is 2.92. The zero-order chi connectivity index (χ0) is 13.0. The van der Waals surface area contributed by atoms with Gasteiger partial charge >= 0.3 is 6.03 Å². The first-order valence-corrected chi connectivity index (χ1v) is 7.38. The Morgan fingerprint density at radius 3 is 2.67 bits per heavy atom. The Balaban J connectivity index is 1.93. The van der Waals surface area contributed by atoms with Crippen LogP contribution >= 0.6 is 0 Å². The second-order valence-corrected chi connectivity index (χ2v) is 5.83. The Kier molecular flexibility index (Phi) is 4.87. The topological polar surface area (TPSA) is 43.8 Å². The van der Waals surface area contributed by atoms with Crippen molar-refractivity contribution >= 4 is 6.03 Å². The van der Waals surface area contributed by atoms with E-state index < -0.39 is 0 Å². The number of likely N-dealkylation sites (tertiary alicyclic amines) is 1. The highest BCUT2D eigenvalue weighted by molar-refractivity contribution is 5.75. The molecule has 2 fully saturated rings. The summed E-state index contributed by atoms with van der Waals surface area (Å²) in [7, 11) is 0. The number of hydrogen-bond donors (Lipinski definition) is 1. The van der Waals surface area contributed by atoms with E-state index >= 15 is 0 Å². The predicted octanol–water partition coefficient (Wildman–Crippen LogP) is 2.08. The molecule has 0 aromatic carbocycles. The molecule has 4 nitrogen and oxygen atoms in total. The lowest BCUT2D eigenvalue weighted by Crippen LogP contribution is -2.53. The molecule has 4 heteroatoms. The number of carbonyl (C=O) groups excluding carboxylic acids is 1. The molecule has 2 aliphatic rings. The lowest BCUT2D eigenvalue weighted by molar-refractivity contribution is 0.0885. The van der Waals surface area contributed by atoms with Crippen LogP contribution in [0.5, 0.6) is 0 Å². The molecule has 1 saturated carbocycles. The number of urea groups is 1. The fourth-order valence-electron chi connectivity index (χ4n) is 2.92. The summed E-state index contributed by atoms with van der Waals surface area (Å²) in [5.74, 6) is 0.629. The minimum absolute atomic E-state index is 0.174. The van der Waals surface area contributed by atoms with Crippen LogP contribution in [0.25, 0.3) is 0 Å². The van der Waals surface area contributed by atoms with Crippen molar-refractivity contribution in [1.29, 1.82) is 0 Å². The highest BCUT2D eigenvalue weighted by Crippen LogP contribution is 2.27. The van der Waals surface area contributed by atoms with Gasteiger partial charge in [0.15, 0.2) is 0 Å². The number of amides is 2. The summed E-state index contributed by atoms with van der Waals surface area (Å²) in [5.41, 5.74) is 0. The second-order valence-electron chi connectivity index (χ2n) is 5.83. The molecule has 0 aromatic rings. The van der Waals surface area contributed by atoms with Gasteiger partial charge in [0.05, 0.1) is 0 Å². The van der Waals surface area contributed by atoms with E-state index in [2.05, 4.69) is 6.92 Å². The van der Waals surface area contributed by atoms with E-state index in [1.165, 1.54) is 12.8 Å². The lowest BCUT2D eigenvalue weighted by atomic mass is 9.91. The zero-order valence-corrected chi connectivity index (χ0v) is 11.5. The Bertz CT molecular complexity index is 279. The number of aliphatic hydroxyl groups excluding tert-OH is 1. The molecule has 1 saturated heterocycles. The number of piperidine rings is 1. The van der Waals surface area contributed by atoms with E-state index in [1.54, 1.807) is 0 Å². The molecule has 1 unspecified atom stereocenters. The number of aliphatic hydroxyl groups is 1. The summed E-state index contributed by atoms with van der Waals surface area (Å²) in [5, 5.41) is 8.97. The van der Waals surface area contributed by atoms with Crippen LogP contribution in [-0.4, -0.2) is 53.2 Å². The Hall–Kier alpha value is -0.770.